The Hall–Kier alpha value is -2.10. The largest absolute Gasteiger partial charge is 0.321 e. The monoisotopic (exact) mass is 184 g/mol. The molecule has 0 bridgehead atoms. The van der Waals surface area contributed by atoms with E-state index in [1.165, 1.54) is 4.79 Å². The first-order valence-electron chi connectivity index (χ1n) is 4.34. The molecule has 3 rings (SSSR count). The molecule has 2 N–H and O–H groups in total. The van der Waals surface area contributed by atoms with Gasteiger partial charge in [0, 0.05) is 5.39 Å². The van der Waals surface area contributed by atoms with Crippen LogP contribution in [0.2, 0.25) is 0 Å². The van der Waals surface area contributed by atoms with E-state index in [-0.39, 0.29) is 0 Å². The van der Waals surface area contributed by atoms with Crippen LogP contribution in [-0.2, 0) is 0 Å². The number of benzene rings is 2. The molecular weight excluding hydrogens is 176 g/mol. The van der Waals surface area contributed by atoms with Gasteiger partial charge in [0.2, 0.25) is 0 Å². The summed E-state index contributed by atoms with van der Waals surface area (Å²) in [5, 5.41) is 9.97. The maximum absolute atomic E-state index is 5.69. The average Bonchev–Trinajstić information content (AvgIpc) is 2.61. The van der Waals surface area contributed by atoms with Crippen LogP contribution in [0.25, 0.3) is 21.8 Å². The zero-order chi connectivity index (χ0) is 9.54. The second-order valence-corrected chi connectivity index (χ2v) is 3.19. The average molecular weight is 184 g/mol. The van der Waals surface area contributed by atoms with Crippen molar-refractivity contribution >= 4 is 21.8 Å². The van der Waals surface area contributed by atoms with Crippen molar-refractivity contribution in [1.29, 1.82) is 0 Å². The van der Waals surface area contributed by atoms with Gasteiger partial charge in [-0.3, -0.25) is 0 Å². The van der Waals surface area contributed by atoms with E-state index in [9.17, 15) is 0 Å². The smallest absolute Gasteiger partial charge is 0.120 e. The van der Waals surface area contributed by atoms with Crippen molar-refractivity contribution in [1.82, 2.24) is 15.1 Å². The lowest BCUT2D eigenvalue weighted by Gasteiger charge is -1.98. The highest BCUT2D eigenvalue weighted by molar-refractivity contribution is 6.03. The first-order valence-corrected chi connectivity index (χ1v) is 4.34. The van der Waals surface area contributed by atoms with Crippen molar-refractivity contribution in [3.8, 4) is 0 Å². The van der Waals surface area contributed by atoms with E-state index in [2.05, 4.69) is 10.3 Å². The molecule has 0 radical (unpaired) electrons. The number of nitrogen functional groups attached to an aromatic ring is 1. The number of nitrogens with zero attached hydrogens (tertiary/aromatic N) is 3. The van der Waals surface area contributed by atoms with Gasteiger partial charge >= 0.3 is 0 Å². The van der Waals surface area contributed by atoms with Gasteiger partial charge in [-0.25, -0.2) is 0 Å². The van der Waals surface area contributed by atoms with Gasteiger partial charge in [-0.05, 0) is 16.7 Å². The van der Waals surface area contributed by atoms with Crippen LogP contribution in [0, 0.1) is 0 Å². The van der Waals surface area contributed by atoms with Crippen molar-refractivity contribution in [2.45, 2.75) is 0 Å². The van der Waals surface area contributed by atoms with E-state index >= 15 is 0 Å². The summed E-state index contributed by atoms with van der Waals surface area (Å²) in [6.07, 6.45) is 0. The van der Waals surface area contributed by atoms with Crippen LogP contribution in [0.5, 0.6) is 0 Å². The first-order chi connectivity index (χ1) is 6.86. The van der Waals surface area contributed by atoms with Gasteiger partial charge in [-0.1, -0.05) is 30.3 Å². The number of aromatic nitrogens is 3. The summed E-state index contributed by atoms with van der Waals surface area (Å²) in [6, 6.07) is 12.0. The van der Waals surface area contributed by atoms with E-state index in [0.29, 0.717) is 0 Å². The maximum atomic E-state index is 5.69. The molecule has 0 unspecified atom stereocenters. The summed E-state index contributed by atoms with van der Waals surface area (Å²) in [4.78, 5) is 1.32. The fourth-order valence-corrected chi connectivity index (χ4v) is 1.71. The summed E-state index contributed by atoms with van der Waals surface area (Å²) >= 11 is 0. The van der Waals surface area contributed by atoms with Gasteiger partial charge in [-0.2, -0.15) is 4.79 Å². The van der Waals surface area contributed by atoms with E-state index in [1.807, 2.05) is 36.4 Å². The van der Waals surface area contributed by atoms with Crippen LogP contribution in [0.1, 0.15) is 0 Å². The molecule has 0 aliphatic heterocycles. The lowest BCUT2D eigenvalue weighted by Crippen LogP contribution is -2.09. The molecular formula is C10H8N4. The lowest BCUT2D eigenvalue weighted by atomic mass is 10.1. The summed E-state index contributed by atoms with van der Waals surface area (Å²) in [6.45, 7) is 0. The van der Waals surface area contributed by atoms with Crippen molar-refractivity contribution in [3.63, 3.8) is 0 Å². The number of nitrogens with two attached hydrogens (primary N) is 1. The van der Waals surface area contributed by atoms with Crippen molar-refractivity contribution in [2.24, 2.45) is 0 Å². The summed E-state index contributed by atoms with van der Waals surface area (Å²) in [7, 11) is 0. The third kappa shape index (κ3) is 0.821. The molecule has 0 spiro atoms. The molecule has 0 amide bonds. The Morgan fingerprint density at radius 1 is 1.07 bits per heavy atom. The quantitative estimate of drug-likeness (QED) is 0.536. The fourth-order valence-electron chi connectivity index (χ4n) is 1.71. The van der Waals surface area contributed by atoms with E-state index in [0.717, 1.165) is 21.8 Å². The van der Waals surface area contributed by atoms with Crippen molar-refractivity contribution < 1.29 is 0 Å². The Bertz CT molecular complexity index is 612. The Morgan fingerprint density at radius 3 is 2.86 bits per heavy atom. The predicted octanol–water partition coefficient (Wildman–Crippen LogP) is 1.30. The van der Waals surface area contributed by atoms with Gasteiger partial charge in [-0.15, -0.1) is 5.10 Å². The normalized spacial score (nSPS) is 11.1. The second-order valence-electron chi connectivity index (χ2n) is 3.19. The Kier molecular flexibility index (Phi) is 1.28. The van der Waals surface area contributed by atoms with Gasteiger partial charge in [0.1, 0.15) is 11.0 Å². The van der Waals surface area contributed by atoms with Crippen molar-refractivity contribution in [3.05, 3.63) is 36.4 Å². The molecule has 1 aromatic heterocycles. The molecule has 0 aliphatic rings. The lowest BCUT2D eigenvalue weighted by molar-refractivity contribution is 0.788. The van der Waals surface area contributed by atoms with Gasteiger partial charge in [0.05, 0.1) is 0 Å². The molecule has 0 aliphatic carbocycles. The molecule has 0 saturated carbocycles. The minimum atomic E-state index is 0.825. The molecule has 14 heavy (non-hydrogen) atoms. The van der Waals surface area contributed by atoms with Crippen LogP contribution in [0.4, 0.5) is 0 Å². The molecule has 1 heterocycles. The molecule has 0 saturated heterocycles. The summed E-state index contributed by atoms with van der Waals surface area (Å²) < 4.78 is 0. The zero-order valence-corrected chi connectivity index (χ0v) is 7.38. The summed E-state index contributed by atoms with van der Waals surface area (Å²) in [5.41, 5.74) is 1.70. The molecule has 4 heteroatoms. The highest BCUT2D eigenvalue weighted by Crippen LogP contribution is 2.22. The predicted molar refractivity (Wildman–Crippen MR) is 55.2 cm³/mol. The number of hydrogen-bond donors (Lipinski definition) is 1. The van der Waals surface area contributed by atoms with Gasteiger partial charge in [0.15, 0.2) is 0 Å². The van der Waals surface area contributed by atoms with Crippen LogP contribution in [0.15, 0.2) is 36.4 Å². The molecule has 4 nitrogen and oxygen atoms in total. The second kappa shape index (κ2) is 2.45. The van der Waals surface area contributed by atoms with Crippen LogP contribution in [0.3, 0.4) is 0 Å². The maximum Gasteiger partial charge on any atom is 0.120 e. The van der Waals surface area contributed by atoms with E-state index < -0.39 is 0 Å². The van der Waals surface area contributed by atoms with Crippen molar-refractivity contribution in [2.75, 3.05) is 5.84 Å². The molecule has 68 valence electrons. The number of fused-ring (bicyclic) bond motifs is 3. The summed E-state index contributed by atoms with van der Waals surface area (Å²) in [5.74, 6) is 5.69. The topological polar surface area (TPSA) is 56.7 Å². The highest BCUT2D eigenvalue weighted by Gasteiger charge is 2.05. The molecule has 0 fully saturated rings. The Morgan fingerprint density at radius 2 is 1.93 bits per heavy atom. The number of rotatable bonds is 0. The highest BCUT2D eigenvalue weighted by atomic mass is 15.6. The molecule has 0 atom stereocenters. The number of hydrogen-bond acceptors (Lipinski definition) is 3. The third-order valence-electron chi connectivity index (χ3n) is 2.36. The third-order valence-corrected chi connectivity index (χ3v) is 2.36. The SMILES string of the molecule is Nn1nnc2ccc3ccccc3c21. The van der Waals surface area contributed by atoms with Gasteiger partial charge < -0.3 is 5.84 Å². The Balaban J connectivity index is 2.65. The van der Waals surface area contributed by atoms with Crippen LogP contribution in [-0.4, -0.2) is 15.1 Å². The zero-order valence-electron chi connectivity index (χ0n) is 7.38. The van der Waals surface area contributed by atoms with E-state index in [1.54, 1.807) is 0 Å². The minimum absolute atomic E-state index is 0.825. The standard InChI is InChI=1S/C10H8N4/c11-14-10-8-4-2-1-3-7(8)5-6-9(10)12-13-14/h1-6H,11H2. The molecule has 3 aromatic rings. The minimum Gasteiger partial charge on any atom is -0.321 e. The van der Waals surface area contributed by atoms with Crippen LogP contribution < -0.4 is 5.84 Å². The first kappa shape index (κ1) is 7.32. The molecule has 2 aromatic carbocycles. The fraction of sp³-hybridized carbons (Fsp3) is 0. The van der Waals surface area contributed by atoms with E-state index in [4.69, 9.17) is 5.84 Å². The van der Waals surface area contributed by atoms with Crippen LogP contribution >= 0.6 is 0 Å². The Labute approximate surface area is 79.9 Å². The van der Waals surface area contributed by atoms with Gasteiger partial charge in [0.25, 0.3) is 0 Å².